The Morgan fingerprint density at radius 1 is 1.11 bits per heavy atom. The molecule has 0 bridgehead atoms. The third kappa shape index (κ3) is 3.21. The molecule has 0 spiro atoms. The van der Waals surface area contributed by atoms with Crippen LogP contribution >= 0.6 is 11.3 Å². The molecular formula is C16H21NS. The number of nitrogens with one attached hydrogen (secondary N) is 1. The van der Waals surface area contributed by atoms with E-state index in [4.69, 9.17) is 0 Å². The Hall–Kier alpha value is -1.12. The lowest BCUT2D eigenvalue weighted by Crippen LogP contribution is -2.25. The molecule has 1 aromatic carbocycles. The smallest absolute Gasteiger partial charge is 0.0346 e. The topological polar surface area (TPSA) is 12.0 Å². The molecule has 2 aromatic rings. The first-order valence-electron chi connectivity index (χ1n) is 6.50. The molecule has 0 amide bonds. The van der Waals surface area contributed by atoms with E-state index in [-0.39, 0.29) is 0 Å². The molecule has 1 atom stereocenters. The highest BCUT2D eigenvalue weighted by atomic mass is 32.1. The summed E-state index contributed by atoms with van der Waals surface area (Å²) in [6.45, 7) is 7.68. The van der Waals surface area contributed by atoms with Crippen LogP contribution in [-0.4, -0.2) is 0 Å². The molecule has 96 valence electrons. The van der Waals surface area contributed by atoms with Gasteiger partial charge in [0.2, 0.25) is 0 Å². The first-order valence-corrected chi connectivity index (χ1v) is 7.37. The third-order valence-corrected chi connectivity index (χ3v) is 4.30. The molecule has 0 aliphatic heterocycles. The summed E-state index contributed by atoms with van der Waals surface area (Å²) in [4.78, 5) is 1.44. The van der Waals surface area contributed by atoms with Crippen molar-refractivity contribution in [3.8, 4) is 0 Å². The van der Waals surface area contributed by atoms with Gasteiger partial charge in [-0.3, -0.25) is 0 Å². The zero-order valence-electron chi connectivity index (χ0n) is 11.3. The average Bonchev–Trinajstić information content (AvgIpc) is 2.76. The van der Waals surface area contributed by atoms with Gasteiger partial charge in [0.25, 0.3) is 0 Å². The van der Waals surface area contributed by atoms with E-state index in [1.54, 1.807) is 0 Å². The molecule has 0 fully saturated rings. The van der Waals surface area contributed by atoms with Gasteiger partial charge in [0.05, 0.1) is 0 Å². The molecule has 2 rings (SSSR count). The number of aryl methyl sites for hydroxylation is 1. The van der Waals surface area contributed by atoms with Gasteiger partial charge in [0, 0.05) is 17.5 Å². The molecule has 1 aromatic heterocycles. The van der Waals surface area contributed by atoms with Crippen LogP contribution in [0.5, 0.6) is 0 Å². The van der Waals surface area contributed by atoms with Gasteiger partial charge in [0.1, 0.15) is 0 Å². The lowest BCUT2D eigenvalue weighted by atomic mass is 9.96. The maximum Gasteiger partial charge on any atom is 0.0346 e. The SMILES string of the molecule is Cc1ccsc1CNC(c1ccccc1)C(C)C. The van der Waals surface area contributed by atoms with E-state index < -0.39 is 0 Å². The first-order chi connectivity index (χ1) is 8.68. The maximum atomic E-state index is 3.69. The highest BCUT2D eigenvalue weighted by Crippen LogP contribution is 2.23. The number of thiophene rings is 1. The third-order valence-electron chi connectivity index (χ3n) is 3.28. The quantitative estimate of drug-likeness (QED) is 0.831. The summed E-state index contributed by atoms with van der Waals surface area (Å²) in [6.07, 6.45) is 0. The molecule has 0 aliphatic carbocycles. The van der Waals surface area contributed by atoms with Gasteiger partial charge in [-0.1, -0.05) is 44.2 Å². The predicted molar refractivity (Wildman–Crippen MR) is 79.9 cm³/mol. The fraction of sp³-hybridized carbons (Fsp3) is 0.375. The second-order valence-electron chi connectivity index (χ2n) is 5.04. The Morgan fingerprint density at radius 3 is 2.39 bits per heavy atom. The van der Waals surface area contributed by atoms with Crippen LogP contribution < -0.4 is 5.32 Å². The van der Waals surface area contributed by atoms with Gasteiger partial charge in [-0.2, -0.15) is 0 Å². The second-order valence-corrected chi connectivity index (χ2v) is 6.04. The van der Waals surface area contributed by atoms with Crippen molar-refractivity contribution < 1.29 is 0 Å². The van der Waals surface area contributed by atoms with Crippen LogP contribution in [0.25, 0.3) is 0 Å². The predicted octanol–water partition coefficient (Wildman–Crippen LogP) is 4.54. The van der Waals surface area contributed by atoms with E-state index in [0.29, 0.717) is 12.0 Å². The number of rotatable bonds is 5. The summed E-state index contributed by atoms with van der Waals surface area (Å²) in [7, 11) is 0. The van der Waals surface area contributed by atoms with E-state index in [9.17, 15) is 0 Å². The van der Waals surface area contributed by atoms with Crippen molar-refractivity contribution in [3.63, 3.8) is 0 Å². The van der Waals surface area contributed by atoms with E-state index in [2.05, 4.69) is 67.9 Å². The van der Waals surface area contributed by atoms with Gasteiger partial charge < -0.3 is 5.32 Å². The van der Waals surface area contributed by atoms with Crippen LogP contribution in [0.15, 0.2) is 41.8 Å². The minimum Gasteiger partial charge on any atom is -0.305 e. The zero-order chi connectivity index (χ0) is 13.0. The largest absolute Gasteiger partial charge is 0.305 e. The van der Waals surface area contributed by atoms with Crippen molar-refractivity contribution in [1.82, 2.24) is 5.32 Å². The standard InChI is InChI=1S/C16H21NS/c1-12(2)16(14-7-5-4-6-8-14)17-11-15-13(3)9-10-18-15/h4-10,12,16-17H,11H2,1-3H3. The van der Waals surface area contributed by atoms with Crippen molar-refractivity contribution in [2.45, 2.75) is 33.4 Å². The Balaban J connectivity index is 2.06. The van der Waals surface area contributed by atoms with Gasteiger partial charge in [-0.15, -0.1) is 11.3 Å². The van der Waals surface area contributed by atoms with Gasteiger partial charge >= 0.3 is 0 Å². The minimum atomic E-state index is 0.424. The lowest BCUT2D eigenvalue weighted by Gasteiger charge is -2.23. The molecule has 1 unspecified atom stereocenters. The van der Waals surface area contributed by atoms with Crippen LogP contribution in [0.1, 0.15) is 35.9 Å². The number of hydrogen-bond acceptors (Lipinski definition) is 2. The molecule has 2 heteroatoms. The normalized spacial score (nSPS) is 12.9. The van der Waals surface area contributed by atoms with E-state index in [1.165, 1.54) is 16.0 Å². The minimum absolute atomic E-state index is 0.424. The number of hydrogen-bond donors (Lipinski definition) is 1. The van der Waals surface area contributed by atoms with Gasteiger partial charge in [-0.05, 0) is 35.4 Å². The van der Waals surface area contributed by atoms with Crippen molar-refractivity contribution in [1.29, 1.82) is 0 Å². The number of benzene rings is 1. The molecule has 1 heterocycles. The highest BCUT2D eigenvalue weighted by Gasteiger charge is 2.15. The van der Waals surface area contributed by atoms with Crippen molar-refractivity contribution in [2.24, 2.45) is 5.92 Å². The van der Waals surface area contributed by atoms with Gasteiger partial charge in [0.15, 0.2) is 0 Å². The van der Waals surface area contributed by atoms with Crippen molar-refractivity contribution in [2.75, 3.05) is 0 Å². The molecule has 1 nitrogen and oxygen atoms in total. The van der Waals surface area contributed by atoms with E-state index in [0.717, 1.165) is 6.54 Å². The van der Waals surface area contributed by atoms with E-state index >= 15 is 0 Å². The van der Waals surface area contributed by atoms with Crippen molar-refractivity contribution in [3.05, 3.63) is 57.8 Å². The summed E-state index contributed by atoms with van der Waals surface area (Å²) in [5, 5.41) is 5.86. The fourth-order valence-electron chi connectivity index (χ4n) is 2.19. The van der Waals surface area contributed by atoms with E-state index in [1.807, 2.05) is 11.3 Å². The van der Waals surface area contributed by atoms with Crippen LogP contribution in [0, 0.1) is 12.8 Å². The molecule has 18 heavy (non-hydrogen) atoms. The van der Waals surface area contributed by atoms with Gasteiger partial charge in [-0.25, -0.2) is 0 Å². The average molecular weight is 259 g/mol. The summed E-state index contributed by atoms with van der Waals surface area (Å²) in [5.74, 6) is 0.590. The van der Waals surface area contributed by atoms with Crippen LogP contribution in [-0.2, 0) is 6.54 Å². The first kappa shape index (κ1) is 13.3. The summed E-state index contributed by atoms with van der Waals surface area (Å²) < 4.78 is 0. The molecule has 0 aliphatic rings. The molecule has 0 saturated heterocycles. The molecular weight excluding hydrogens is 238 g/mol. The molecule has 1 N–H and O–H groups in total. The van der Waals surface area contributed by atoms with Crippen LogP contribution in [0.3, 0.4) is 0 Å². The van der Waals surface area contributed by atoms with Crippen molar-refractivity contribution >= 4 is 11.3 Å². The fourth-order valence-corrected chi connectivity index (χ4v) is 3.04. The second kappa shape index (κ2) is 6.17. The zero-order valence-corrected chi connectivity index (χ0v) is 12.1. The summed E-state index contributed by atoms with van der Waals surface area (Å²) in [6, 6.07) is 13.3. The monoisotopic (exact) mass is 259 g/mol. The maximum absolute atomic E-state index is 3.69. The summed E-state index contributed by atoms with van der Waals surface area (Å²) in [5.41, 5.74) is 2.77. The Kier molecular flexibility index (Phi) is 4.56. The Bertz CT molecular complexity index is 473. The Morgan fingerprint density at radius 2 is 1.83 bits per heavy atom. The molecule has 0 radical (unpaired) electrons. The summed E-state index contributed by atoms with van der Waals surface area (Å²) >= 11 is 1.84. The van der Waals surface area contributed by atoms with Crippen LogP contribution in [0.2, 0.25) is 0 Å². The Labute approximate surface area is 114 Å². The molecule has 0 saturated carbocycles. The lowest BCUT2D eigenvalue weighted by molar-refractivity contribution is 0.412. The van der Waals surface area contributed by atoms with Crippen LogP contribution in [0.4, 0.5) is 0 Å². The highest BCUT2D eigenvalue weighted by molar-refractivity contribution is 7.10.